The molecule has 6 heteroatoms. The van der Waals surface area contributed by atoms with E-state index in [9.17, 15) is 0 Å². The summed E-state index contributed by atoms with van der Waals surface area (Å²) in [6, 6.07) is 1.93. The van der Waals surface area contributed by atoms with Crippen LogP contribution in [-0.4, -0.2) is 9.97 Å². The van der Waals surface area contributed by atoms with Crippen LogP contribution >= 0.6 is 34.5 Å². The van der Waals surface area contributed by atoms with Gasteiger partial charge >= 0.3 is 0 Å². The Morgan fingerprint density at radius 1 is 1.36 bits per heavy atom. The van der Waals surface area contributed by atoms with Gasteiger partial charge in [0.25, 0.3) is 0 Å². The van der Waals surface area contributed by atoms with Gasteiger partial charge in [0.1, 0.15) is 5.02 Å². The van der Waals surface area contributed by atoms with Crippen LogP contribution in [-0.2, 0) is 0 Å². The molecule has 3 nitrogen and oxygen atoms in total. The van der Waals surface area contributed by atoms with Gasteiger partial charge in [0, 0.05) is 5.38 Å². The van der Waals surface area contributed by atoms with Crippen molar-refractivity contribution in [3.05, 3.63) is 33.3 Å². The van der Waals surface area contributed by atoms with Gasteiger partial charge in [-0.15, -0.1) is 0 Å². The summed E-state index contributed by atoms with van der Waals surface area (Å²) in [5.74, 6) is 0.519. The Morgan fingerprint density at radius 2 is 2.21 bits per heavy atom. The van der Waals surface area contributed by atoms with E-state index >= 15 is 0 Å². The first-order chi connectivity index (χ1) is 6.75. The highest BCUT2D eigenvalue weighted by molar-refractivity contribution is 7.08. The predicted molar refractivity (Wildman–Crippen MR) is 59.7 cm³/mol. The van der Waals surface area contributed by atoms with E-state index in [2.05, 4.69) is 15.3 Å². The second kappa shape index (κ2) is 4.13. The number of rotatable bonds is 2. The maximum absolute atomic E-state index is 5.87. The van der Waals surface area contributed by atoms with E-state index in [1.54, 1.807) is 11.3 Å². The third kappa shape index (κ3) is 2.15. The average molecular weight is 246 g/mol. The molecule has 0 aliphatic carbocycles. The molecule has 2 aromatic heterocycles. The van der Waals surface area contributed by atoms with E-state index in [-0.39, 0.29) is 5.28 Å². The van der Waals surface area contributed by atoms with Gasteiger partial charge in [-0.2, -0.15) is 16.3 Å². The van der Waals surface area contributed by atoms with Crippen molar-refractivity contribution >= 4 is 46.0 Å². The summed E-state index contributed by atoms with van der Waals surface area (Å²) in [5, 5.41) is 7.56. The van der Waals surface area contributed by atoms with E-state index < -0.39 is 0 Å². The Labute approximate surface area is 94.7 Å². The molecule has 14 heavy (non-hydrogen) atoms. The quantitative estimate of drug-likeness (QED) is 0.823. The molecule has 72 valence electrons. The van der Waals surface area contributed by atoms with Crippen LogP contribution < -0.4 is 5.32 Å². The third-order valence-corrected chi connectivity index (χ3v) is 2.64. The maximum atomic E-state index is 5.87. The number of anilines is 2. The van der Waals surface area contributed by atoms with E-state index in [0.29, 0.717) is 10.8 Å². The highest BCUT2D eigenvalue weighted by Crippen LogP contribution is 2.24. The molecule has 0 unspecified atom stereocenters. The van der Waals surface area contributed by atoms with Gasteiger partial charge in [-0.1, -0.05) is 11.6 Å². The number of aromatic nitrogens is 2. The van der Waals surface area contributed by atoms with E-state index in [1.165, 1.54) is 6.20 Å². The fourth-order valence-electron chi connectivity index (χ4n) is 0.906. The van der Waals surface area contributed by atoms with Gasteiger partial charge in [0.2, 0.25) is 5.28 Å². The SMILES string of the molecule is Clc1ncc(Cl)c(Nc2ccsc2)n1. The normalized spacial score (nSPS) is 10.1. The van der Waals surface area contributed by atoms with Crippen molar-refractivity contribution < 1.29 is 0 Å². The fourth-order valence-corrected chi connectivity index (χ4v) is 1.77. The summed E-state index contributed by atoms with van der Waals surface area (Å²) in [7, 11) is 0. The molecule has 0 aliphatic rings. The van der Waals surface area contributed by atoms with Crippen molar-refractivity contribution in [2.45, 2.75) is 0 Å². The molecule has 2 aromatic rings. The van der Waals surface area contributed by atoms with Crippen LogP contribution in [0, 0.1) is 0 Å². The minimum atomic E-state index is 0.173. The molecular formula is C8H5Cl2N3S. The lowest BCUT2D eigenvalue weighted by Crippen LogP contribution is -1.94. The van der Waals surface area contributed by atoms with Crippen molar-refractivity contribution in [3.63, 3.8) is 0 Å². The first-order valence-electron chi connectivity index (χ1n) is 3.73. The molecule has 0 aliphatic heterocycles. The standard InChI is InChI=1S/C8H5Cl2N3S/c9-6-3-11-8(10)13-7(6)12-5-1-2-14-4-5/h1-4H,(H,11,12,13). The van der Waals surface area contributed by atoms with Crippen LogP contribution in [0.2, 0.25) is 10.3 Å². The molecule has 0 bridgehead atoms. The minimum absolute atomic E-state index is 0.173. The zero-order chi connectivity index (χ0) is 9.97. The maximum Gasteiger partial charge on any atom is 0.224 e. The summed E-state index contributed by atoms with van der Waals surface area (Å²) in [4.78, 5) is 7.72. The van der Waals surface area contributed by atoms with Crippen molar-refractivity contribution in [2.24, 2.45) is 0 Å². The van der Waals surface area contributed by atoms with Gasteiger partial charge in [0.05, 0.1) is 11.9 Å². The lowest BCUT2D eigenvalue weighted by Gasteiger charge is -2.04. The largest absolute Gasteiger partial charge is 0.338 e. The molecule has 2 rings (SSSR count). The first-order valence-corrected chi connectivity index (χ1v) is 5.43. The van der Waals surface area contributed by atoms with Crippen LogP contribution in [0.3, 0.4) is 0 Å². The van der Waals surface area contributed by atoms with Gasteiger partial charge in [0.15, 0.2) is 5.82 Å². The highest BCUT2D eigenvalue weighted by atomic mass is 35.5. The fraction of sp³-hybridized carbons (Fsp3) is 0. The lowest BCUT2D eigenvalue weighted by atomic mass is 10.5. The van der Waals surface area contributed by atoms with Crippen molar-refractivity contribution in [1.82, 2.24) is 9.97 Å². The number of nitrogens with zero attached hydrogens (tertiary/aromatic N) is 2. The summed E-state index contributed by atoms with van der Waals surface area (Å²) in [6.07, 6.45) is 1.46. The predicted octanol–water partition coefficient (Wildman–Crippen LogP) is 3.59. The van der Waals surface area contributed by atoms with E-state index in [0.717, 1.165) is 5.69 Å². The third-order valence-electron chi connectivity index (χ3n) is 1.50. The average Bonchev–Trinajstić information content (AvgIpc) is 2.64. The van der Waals surface area contributed by atoms with E-state index in [4.69, 9.17) is 23.2 Å². The van der Waals surface area contributed by atoms with Crippen LogP contribution in [0.25, 0.3) is 0 Å². The summed E-state index contributed by atoms with van der Waals surface area (Å²) in [5.41, 5.74) is 0.937. The molecular weight excluding hydrogens is 241 g/mol. The molecule has 0 saturated heterocycles. The topological polar surface area (TPSA) is 37.8 Å². The zero-order valence-electron chi connectivity index (χ0n) is 6.87. The first kappa shape index (κ1) is 9.71. The Bertz CT molecular complexity index is 430. The van der Waals surface area contributed by atoms with Crippen LogP contribution in [0.5, 0.6) is 0 Å². The smallest absolute Gasteiger partial charge is 0.224 e. The van der Waals surface area contributed by atoms with Crippen LogP contribution in [0.4, 0.5) is 11.5 Å². The van der Waals surface area contributed by atoms with Crippen LogP contribution in [0.15, 0.2) is 23.0 Å². The van der Waals surface area contributed by atoms with E-state index in [1.807, 2.05) is 16.8 Å². The Balaban J connectivity index is 2.28. The van der Waals surface area contributed by atoms with Crippen LogP contribution in [0.1, 0.15) is 0 Å². The summed E-state index contributed by atoms with van der Waals surface area (Å²) < 4.78 is 0. The second-order valence-corrected chi connectivity index (χ2v) is 4.00. The van der Waals surface area contributed by atoms with Gasteiger partial charge < -0.3 is 5.32 Å². The lowest BCUT2D eigenvalue weighted by molar-refractivity contribution is 1.17. The molecule has 1 N–H and O–H groups in total. The Hall–Kier alpha value is -0.840. The van der Waals surface area contributed by atoms with Gasteiger partial charge in [-0.05, 0) is 23.0 Å². The summed E-state index contributed by atoms with van der Waals surface area (Å²) in [6.45, 7) is 0. The molecule has 2 heterocycles. The van der Waals surface area contributed by atoms with Crippen molar-refractivity contribution in [2.75, 3.05) is 5.32 Å². The molecule has 0 radical (unpaired) electrons. The minimum Gasteiger partial charge on any atom is -0.338 e. The molecule has 0 atom stereocenters. The number of halogens is 2. The molecule has 0 aromatic carbocycles. The molecule has 0 spiro atoms. The Kier molecular flexibility index (Phi) is 2.86. The molecule has 0 fully saturated rings. The molecule has 0 amide bonds. The van der Waals surface area contributed by atoms with Gasteiger partial charge in [-0.25, -0.2) is 4.98 Å². The molecule has 0 saturated carbocycles. The number of hydrogen-bond acceptors (Lipinski definition) is 4. The number of hydrogen-bond donors (Lipinski definition) is 1. The second-order valence-electron chi connectivity index (χ2n) is 2.47. The Morgan fingerprint density at radius 3 is 2.93 bits per heavy atom. The van der Waals surface area contributed by atoms with Gasteiger partial charge in [-0.3, -0.25) is 0 Å². The van der Waals surface area contributed by atoms with Crippen molar-refractivity contribution in [1.29, 1.82) is 0 Å². The monoisotopic (exact) mass is 245 g/mol. The van der Waals surface area contributed by atoms with Crippen molar-refractivity contribution in [3.8, 4) is 0 Å². The number of nitrogens with one attached hydrogen (secondary N) is 1. The zero-order valence-corrected chi connectivity index (χ0v) is 9.20. The summed E-state index contributed by atoms with van der Waals surface area (Å²) >= 11 is 13.1. The number of thiophene rings is 1. The highest BCUT2D eigenvalue weighted by Gasteiger charge is 2.04.